The van der Waals surface area contributed by atoms with Crippen molar-refractivity contribution < 1.29 is 19.1 Å². The zero-order valence-electron chi connectivity index (χ0n) is 12.6. The summed E-state index contributed by atoms with van der Waals surface area (Å²) >= 11 is 3.29. The maximum atomic E-state index is 11.8. The fraction of sp³-hybridized carbons (Fsp3) is 0.438. The van der Waals surface area contributed by atoms with Crippen LogP contribution in [0.3, 0.4) is 0 Å². The van der Waals surface area contributed by atoms with Crippen LogP contribution in [0.4, 0.5) is 0 Å². The number of hydrogen-bond acceptors (Lipinski definition) is 4. The molecule has 6 heteroatoms. The summed E-state index contributed by atoms with van der Waals surface area (Å²) < 4.78 is 5.85. The number of esters is 1. The van der Waals surface area contributed by atoms with Crippen molar-refractivity contribution in [1.82, 2.24) is 5.32 Å². The Bertz CT molecular complexity index is 513. The molecule has 1 aromatic rings. The van der Waals surface area contributed by atoms with Gasteiger partial charge in [0, 0.05) is 29.9 Å². The Labute approximate surface area is 138 Å². The van der Waals surface area contributed by atoms with Gasteiger partial charge in [-0.05, 0) is 25.0 Å². The minimum absolute atomic E-state index is 0.0501. The van der Waals surface area contributed by atoms with Crippen LogP contribution in [0.5, 0.6) is 0 Å². The van der Waals surface area contributed by atoms with Gasteiger partial charge >= 0.3 is 5.97 Å². The van der Waals surface area contributed by atoms with Crippen LogP contribution < -0.4 is 5.32 Å². The number of amides is 1. The second-order valence-corrected chi connectivity index (χ2v) is 5.80. The Morgan fingerprint density at radius 1 is 1.09 bits per heavy atom. The molecule has 120 valence electrons. The summed E-state index contributed by atoms with van der Waals surface area (Å²) in [6, 6.07) is 6.90. The van der Waals surface area contributed by atoms with Gasteiger partial charge in [0.25, 0.3) is 0 Å². The Balaban J connectivity index is 2.13. The fourth-order valence-electron chi connectivity index (χ4n) is 1.77. The first-order valence-corrected chi connectivity index (χ1v) is 7.97. The van der Waals surface area contributed by atoms with Crippen molar-refractivity contribution in [2.75, 3.05) is 13.2 Å². The number of hydrogen-bond donors (Lipinski definition) is 1. The van der Waals surface area contributed by atoms with Crippen molar-refractivity contribution in [2.45, 2.75) is 32.6 Å². The van der Waals surface area contributed by atoms with Gasteiger partial charge in [-0.3, -0.25) is 14.4 Å². The van der Waals surface area contributed by atoms with E-state index in [-0.39, 0.29) is 30.7 Å². The lowest BCUT2D eigenvalue weighted by atomic mass is 10.1. The number of ketones is 1. The molecule has 1 amide bonds. The van der Waals surface area contributed by atoms with Gasteiger partial charge in [0.1, 0.15) is 0 Å². The molecular weight excluding hydrogens is 350 g/mol. The molecule has 0 heterocycles. The molecule has 0 spiro atoms. The van der Waals surface area contributed by atoms with Crippen molar-refractivity contribution in [1.29, 1.82) is 0 Å². The lowest BCUT2D eigenvalue weighted by Gasteiger charge is -2.05. The van der Waals surface area contributed by atoms with Crippen molar-refractivity contribution in [3.05, 3.63) is 34.3 Å². The van der Waals surface area contributed by atoms with E-state index in [1.807, 2.05) is 0 Å². The highest BCUT2D eigenvalue weighted by Gasteiger charge is 2.09. The molecule has 22 heavy (non-hydrogen) atoms. The summed E-state index contributed by atoms with van der Waals surface area (Å²) in [5.74, 6) is -0.637. The fourth-order valence-corrected chi connectivity index (χ4v) is 2.04. The lowest BCUT2D eigenvalue weighted by Crippen LogP contribution is -2.20. The van der Waals surface area contributed by atoms with Crippen LogP contribution in [0.2, 0.25) is 0 Å². The largest absolute Gasteiger partial charge is 0.457 e. The van der Waals surface area contributed by atoms with Crippen LogP contribution in [-0.4, -0.2) is 30.8 Å². The molecule has 1 N–H and O–H groups in total. The molecule has 5 nitrogen and oxygen atoms in total. The lowest BCUT2D eigenvalue weighted by molar-refractivity contribution is -0.142. The molecule has 0 saturated carbocycles. The molecule has 0 aliphatic rings. The van der Waals surface area contributed by atoms with Crippen molar-refractivity contribution in [2.24, 2.45) is 0 Å². The van der Waals surface area contributed by atoms with E-state index >= 15 is 0 Å². The first-order valence-electron chi connectivity index (χ1n) is 7.18. The monoisotopic (exact) mass is 369 g/mol. The normalized spacial score (nSPS) is 10.1. The van der Waals surface area contributed by atoms with Crippen LogP contribution >= 0.6 is 15.9 Å². The Hall–Kier alpha value is -1.69. The van der Waals surface area contributed by atoms with Gasteiger partial charge in [-0.1, -0.05) is 34.5 Å². The van der Waals surface area contributed by atoms with Crippen molar-refractivity contribution >= 4 is 33.6 Å². The molecule has 1 rings (SSSR count). The highest BCUT2D eigenvalue weighted by molar-refractivity contribution is 9.10. The van der Waals surface area contributed by atoms with Gasteiger partial charge in [0.05, 0.1) is 0 Å². The first kappa shape index (κ1) is 18.4. The van der Waals surface area contributed by atoms with Crippen LogP contribution in [0, 0.1) is 0 Å². The molecule has 1 aromatic carbocycles. The topological polar surface area (TPSA) is 72.5 Å². The van der Waals surface area contributed by atoms with Gasteiger partial charge in [-0.15, -0.1) is 0 Å². The van der Waals surface area contributed by atoms with E-state index in [1.165, 1.54) is 6.92 Å². The third-order valence-electron chi connectivity index (χ3n) is 2.96. The van der Waals surface area contributed by atoms with Crippen LogP contribution in [0.1, 0.15) is 43.0 Å². The Kier molecular flexibility index (Phi) is 8.43. The minimum Gasteiger partial charge on any atom is -0.457 e. The van der Waals surface area contributed by atoms with E-state index in [9.17, 15) is 14.4 Å². The summed E-state index contributed by atoms with van der Waals surface area (Å²) in [7, 11) is 0. The molecule has 0 atom stereocenters. The SMILES string of the molecule is CC(=O)NCCCCCC(=O)OCC(=O)c1ccc(Br)cc1. The average Bonchev–Trinajstić information content (AvgIpc) is 2.48. The van der Waals surface area contributed by atoms with Crippen molar-refractivity contribution in [3.8, 4) is 0 Å². The average molecular weight is 370 g/mol. The van der Waals surface area contributed by atoms with Gasteiger partial charge in [-0.25, -0.2) is 0 Å². The minimum atomic E-state index is -0.370. The van der Waals surface area contributed by atoms with Gasteiger partial charge in [0.2, 0.25) is 5.91 Å². The molecule has 0 aromatic heterocycles. The summed E-state index contributed by atoms with van der Waals surface area (Å²) in [6.07, 6.45) is 2.62. The number of nitrogens with one attached hydrogen (secondary N) is 1. The van der Waals surface area contributed by atoms with E-state index in [4.69, 9.17) is 4.74 Å². The summed E-state index contributed by atoms with van der Waals surface area (Å²) in [5.41, 5.74) is 0.520. The highest BCUT2D eigenvalue weighted by atomic mass is 79.9. The highest BCUT2D eigenvalue weighted by Crippen LogP contribution is 2.11. The van der Waals surface area contributed by atoms with Gasteiger partial charge < -0.3 is 10.1 Å². The third-order valence-corrected chi connectivity index (χ3v) is 3.49. The third kappa shape index (κ3) is 7.93. The van der Waals surface area contributed by atoms with E-state index in [0.29, 0.717) is 18.5 Å². The maximum absolute atomic E-state index is 11.8. The van der Waals surface area contributed by atoms with Gasteiger partial charge in [0.15, 0.2) is 12.4 Å². The zero-order valence-corrected chi connectivity index (χ0v) is 14.1. The number of Topliss-reactive ketones (excluding diaryl/α,β-unsaturated/α-hetero) is 1. The van der Waals surface area contributed by atoms with E-state index in [2.05, 4.69) is 21.2 Å². The molecule has 0 unspecified atom stereocenters. The molecule has 0 fully saturated rings. The number of halogens is 1. The summed E-state index contributed by atoms with van der Waals surface area (Å²) in [4.78, 5) is 34.0. The van der Waals surface area contributed by atoms with E-state index in [0.717, 1.165) is 17.3 Å². The number of ether oxygens (including phenoxy) is 1. The maximum Gasteiger partial charge on any atom is 0.306 e. The standard InChI is InChI=1S/C16H20BrNO4/c1-12(19)18-10-4-2-3-5-16(21)22-11-15(20)13-6-8-14(17)9-7-13/h6-9H,2-5,10-11H2,1H3,(H,18,19). The van der Waals surface area contributed by atoms with Crippen LogP contribution in [0.25, 0.3) is 0 Å². The molecule has 0 radical (unpaired) electrons. The molecule has 0 saturated heterocycles. The second-order valence-electron chi connectivity index (χ2n) is 4.88. The summed E-state index contributed by atoms with van der Waals surface area (Å²) in [5, 5.41) is 2.69. The smallest absolute Gasteiger partial charge is 0.306 e. The number of rotatable bonds is 9. The molecule has 0 aliphatic heterocycles. The number of carbonyl (C=O) groups is 3. The van der Waals surface area contributed by atoms with Gasteiger partial charge in [-0.2, -0.15) is 0 Å². The first-order chi connectivity index (χ1) is 10.5. The zero-order chi connectivity index (χ0) is 16.4. The van der Waals surface area contributed by atoms with Crippen LogP contribution in [-0.2, 0) is 14.3 Å². The Morgan fingerprint density at radius 2 is 1.77 bits per heavy atom. The van der Waals surface area contributed by atoms with E-state index in [1.54, 1.807) is 24.3 Å². The quantitative estimate of drug-likeness (QED) is 0.412. The molecular formula is C16H20BrNO4. The molecule has 0 bridgehead atoms. The number of benzene rings is 1. The predicted octanol–water partition coefficient (Wildman–Crippen LogP) is 2.87. The second kappa shape index (κ2) is 10.1. The predicted molar refractivity (Wildman–Crippen MR) is 86.6 cm³/mol. The Morgan fingerprint density at radius 3 is 2.41 bits per heavy atom. The van der Waals surface area contributed by atoms with Crippen LogP contribution in [0.15, 0.2) is 28.7 Å². The molecule has 0 aliphatic carbocycles. The van der Waals surface area contributed by atoms with Crippen molar-refractivity contribution in [3.63, 3.8) is 0 Å². The summed E-state index contributed by atoms with van der Waals surface area (Å²) in [6.45, 7) is 1.86. The van der Waals surface area contributed by atoms with E-state index < -0.39 is 0 Å². The number of carbonyl (C=O) groups excluding carboxylic acids is 3. The number of unbranched alkanes of at least 4 members (excludes halogenated alkanes) is 2.